The monoisotopic (exact) mass is 324 g/mol. The molecular formula is C12H10Cl2N6O. The molecule has 21 heavy (non-hydrogen) atoms. The second-order valence-electron chi connectivity index (χ2n) is 4.09. The molecule has 1 amide bonds. The normalized spacial score (nSPS) is 10.1. The summed E-state index contributed by atoms with van der Waals surface area (Å²) in [6, 6.07) is 4.80. The zero-order valence-corrected chi connectivity index (χ0v) is 12.2. The Morgan fingerprint density at radius 1 is 1.48 bits per heavy atom. The molecule has 0 aliphatic rings. The molecule has 0 radical (unpaired) electrons. The maximum atomic E-state index is 11.9. The van der Waals surface area contributed by atoms with Crippen LogP contribution in [-0.2, 0) is 11.3 Å². The third kappa shape index (κ3) is 3.84. The van der Waals surface area contributed by atoms with Crippen LogP contribution in [0.4, 0.5) is 11.4 Å². The highest BCUT2D eigenvalue weighted by molar-refractivity contribution is 6.37. The summed E-state index contributed by atoms with van der Waals surface area (Å²) in [5.41, 5.74) is 6.36. The molecule has 1 aromatic carbocycles. The van der Waals surface area contributed by atoms with E-state index >= 15 is 0 Å². The first kappa shape index (κ1) is 15.1. The average Bonchev–Trinajstić information content (AvgIpc) is 2.88. The maximum absolute atomic E-state index is 11.9. The standard InChI is InChI=1S/C12H10Cl2N6O/c13-7-3-8(14)12(9(16)4-7)18-11(21)1-2-20-6-17-10(5-15)19-20/h3-4,6H,1-2,16H2,(H,18,21). The number of nitrogen functional groups attached to an aromatic ring is 1. The molecule has 1 heterocycles. The summed E-state index contributed by atoms with van der Waals surface area (Å²) in [7, 11) is 0. The first-order chi connectivity index (χ1) is 9.99. The number of benzene rings is 1. The van der Waals surface area contributed by atoms with Gasteiger partial charge in [-0.3, -0.25) is 9.48 Å². The van der Waals surface area contributed by atoms with Crippen LogP contribution in [0.1, 0.15) is 12.2 Å². The van der Waals surface area contributed by atoms with Gasteiger partial charge in [-0.25, -0.2) is 4.98 Å². The lowest BCUT2D eigenvalue weighted by Gasteiger charge is -2.10. The molecule has 0 unspecified atom stereocenters. The van der Waals surface area contributed by atoms with Gasteiger partial charge in [0.2, 0.25) is 5.91 Å². The lowest BCUT2D eigenvalue weighted by molar-refractivity contribution is -0.116. The third-order valence-corrected chi connectivity index (χ3v) is 3.07. The Labute approximate surface area is 130 Å². The summed E-state index contributed by atoms with van der Waals surface area (Å²) in [6.45, 7) is 0.283. The van der Waals surface area contributed by atoms with Crippen LogP contribution in [-0.4, -0.2) is 20.7 Å². The van der Waals surface area contributed by atoms with Crippen LogP contribution in [0, 0.1) is 11.3 Å². The van der Waals surface area contributed by atoms with Gasteiger partial charge in [-0.1, -0.05) is 23.2 Å². The van der Waals surface area contributed by atoms with Gasteiger partial charge in [0.25, 0.3) is 5.82 Å². The molecule has 0 bridgehead atoms. The molecular weight excluding hydrogens is 315 g/mol. The van der Waals surface area contributed by atoms with E-state index in [1.165, 1.54) is 23.1 Å². The molecule has 1 aromatic heterocycles. The summed E-state index contributed by atoms with van der Waals surface area (Å²) >= 11 is 11.8. The molecule has 0 spiro atoms. The van der Waals surface area contributed by atoms with E-state index in [0.717, 1.165) is 0 Å². The molecule has 0 aliphatic heterocycles. The smallest absolute Gasteiger partial charge is 0.252 e. The van der Waals surface area contributed by atoms with Crippen molar-refractivity contribution in [2.24, 2.45) is 0 Å². The second kappa shape index (κ2) is 6.43. The Morgan fingerprint density at radius 3 is 2.86 bits per heavy atom. The number of nitrogens with one attached hydrogen (secondary N) is 1. The molecule has 2 aromatic rings. The number of rotatable bonds is 4. The lowest BCUT2D eigenvalue weighted by atomic mass is 10.2. The Morgan fingerprint density at radius 2 is 2.24 bits per heavy atom. The zero-order chi connectivity index (χ0) is 15.4. The molecule has 0 aliphatic carbocycles. The Bertz CT molecular complexity index is 698. The number of amides is 1. The molecule has 0 atom stereocenters. The molecule has 0 saturated carbocycles. The fourth-order valence-electron chi connectivity index (χ4n) is 1.60. The highest BCUT2D eigenvalue weighted by atomic mass is 35.5. The molecule has 3 N–H and O–H groups in total. The fourth-order valence-corrected chi connectivity index (χ4v) is 2.15. The molecule has 9 heteroatoms. The third-order valence-electron chi connectivity index (χ3n) is 2.55. The van der Waals surface area contributed by atoms with Crippen molar-refractivity contribution in [2.45, 2.75) is 13.0 Å². The number of aryl methyl sites for hydroxylation is 1. The van der Waals surface area contributed by atoms with E-state index in [4.69, 9.17) is 34.2 Å². The number of aromatic nitrogens is 3. The Kier molecular flexibility index (Phi) is 4.62. The van der Waals surface area contributed by atoms with E-state index in [0.29, 0.717) is 10.7 Å². The maximum Gasteiger partial charge on any atom is 0.252 e. The van der Waals surface area contributed by atoms with Crippen LogP contribution in [0.2, 0.25) is 10.0 Å². The number of nitrogens with zero attached hydrogens (tertiary/aromatic N) is 4. The van der Waals surface area contributed by atoms with E-state index in [1.807, 2.05) is 0 Å². The molecule has 0 saturated heterocycles. The first-order valence-corrected chi connectivity index (χ1v) is 6.59. The van der Waals surface area contributed by atoms with Gasteiger partial charge < -0.3 is 11.1 Å². The Hall–Kier alpha value is -2.30. The summed E-state index contributed by atoms with van der Waals surface area (Å²) in [5, 5.41) is 15.7. The van der Waals surface area contributed by atoms with Gasteiger partial charge in [0.1, 0.15) is 12.4 Å². The van der Waals surface area contributed by atoms with Gasteiger partial charge in [0, 0.05) is 11.4 Å². The van der Waals surface area contributed by atoms with Crippen LogP contribution in [0.15, 0.2) is 18.5 Å². The van der Waals surface area contributed by atoms with Gasteiger partial charge in [-0.2, -0.15) is 5.26 Å². The van der Waals surface area contributed by atoms with Crippen LogP contribution in [0.3, 0.4) is 0 Å². The fraction of sp³-hybridized carbons (Fsp3) is 0.167. The number of anilines is 2. The van der Waals surface area contributed by atoms with Crippen molar-refractivity contribution in [1.29, 1.82) is 5.26 Å². The summed E-state index contributed by atoms with van der Waals surface area (Å²) < 4.78 is 1.41. The van der Waals surface area contributed by atoms with Crippen molar-refractivity contribution >= 4 is 40.5 Å². The number of nitrogens with two attached hydrogens (primary N) is 1. The van der Waals surface area contributed by atoms with Crippen molar-refractivity contribution in [1.82, 2.24) is 14.8 Å². The largest absolute Gasteiger partial charge is 0.397 e. The van der Waals surface area contributed by atoms with Crippen molar-refractivity contribution in [2.75, 3.05) is 11.1 Å². The second-order valence-corrected chi connectivity index (χ2v) is 4.94. The number of carbonyl (C=O) groups is 1. The highest BCUT2D eigenvalue weighted by Gasteiger charge is 2.11. The summed E-state index contributed by atoms with van der Waals surface area (Å²) in [4.78, 5) is 15.6. The summed E-state index contributed by atoms with van der Waals surface area (Å²) in [6.07, 6.45) is 1.52. The van der Waals surface area contributed by atoms with E-state index in [-0.39, 0.29) is 35.4 Å². The van der Waals surface area contributed by atoms with Gasteiger partial charge in [0.15, 0.2) is 0 Å². The van der Waals surface area contributed by atoms with E-state index in [9.17, 15) is 4.79 Å². The number of hydrogen-bond acceptors (Lipinski definition) is 5. The topological polar surface area (TPSA) is 110 Å². The van der Waals surface area contributed by atoms with Crippen molar-refractivity contribution < 1.29 is 4.79 Å². The van der Waals surface area contributed by atoms with Crippen LogP contribution in [0.5, 0.6) is 0 Å². The summed E-state index contributed by atoms with van der Waals surface area (Å²) in [5.74, 6) is -0.236. The molecule has 108 valence electrons. The molecule has 7 nitrogen and oxygen atoms in total. The number of nitriles is 1. The minimum atomic E-state index is -0.292. The number of halogens is 2. The van der Waals surface area contributed by atoms with Gasteiger partial charge in [0.05, 0.1) is 22.9 Å². The minimum absolute atomic E-state index is 0.0559. The lowest BCUT2D eigenvalue weighted by Crippen LogP contribution is -2.16. The van der Waals surface area contributed by atoms with Gasteiger partial charge in [-0.05, 0) is 12.1 Å². The number of hydrogen-bond donors (Lipinski definition) is 2. The van der Waals surface area contributed by atoms with Crippen LogP contribution < -0.4 is 11.1 Å². The van der Waals surface area contributed by atoms with Crippen LogP contribution >= 0.6 is 23.2 Å². The predicted octanol–water partition coefficient (Wildman–Crippen LogP) is 2.07. The predicted molar refractivity (Wildman–Crippen MR) is 78.9 cm³/mol. The highest BCUT2D eigenvalue weighted by Crippen LogP contribution is 2.32. The van der Waals surface area contributed by atoms with Crippen LogP contribution in [0.25, 0.3) is 0 Å². The van der Waals surface area contributed by atoms with Gasteiger partial charge in [-0.15, -0.1) is 5.10 Å². The Balaban J connectivity index is 1.98. The van der Waals surface area contributed by atoms with Crippen molar-refractivity contribution in [3.8, 4) is 6.07 Å². The van der Waals surface area contributed by atoms with E-state index in [1.54, 1.807) is 6.07 Å². The zero-order valence-electron chi connectivity index (χ0n) is 10.7. The number of carbonyl (C=O) groups excluding carboxylic acids is 1. The average molecular weight is 325 g/mol. The first-order valence-electron chi connectivity index (χ1n) is 5.83. The molecule has 0 fully saturated rings. The van der Waals surface area contributed by atoms with Gasteiger partial charge >= 0.3 is 0 Å². The quantitative estimate of drug-likeness (QED) is 0.836. The van der Waals surface area contributed by atoms with E-state index in [2.05, 4.69) is 15.4 Å². The van der Waals surface area contributed by atoms with E-state index < -0.39 is 0 Å². The SMILES string of the molecule is N#Cc1ncn(CCC(=O)Nc2c(N)cc(Cl)cc2Cl)n1. The molecule has 2 rings (SSSR count). The van der Waals surface area contributed by atoms with Crippen molar-refractivity contribution in [3.63, 3.8) is 0 Å². The van der Waals surface area contributed by atoms with Crippen molar-refractivity contribution in [3.05, 3.63) is 34.3 Å². The minimum Gasteiger partial charge on any atom is -0.397 e.